The summed E-state index contributed by atoms with van der Waals surface area (Å²) in [4.78, 5) is 26.1. The van der Waals surface area contributed by atoms with Crippen LogP contribution in [0, 0.1) is 0 Å². The summed E-state index contributed by atoms with van der Waals surface area (Å²) in [5.74, 6) is 0.110. The number of nitrogens with zero attached hydrogens (tertiary/aromatic N) is 1. The minimum atomic E-state index is -0.975. The van der Waals surface area contributed by atoms with E-state index < -0.39 is 12.1 Å². The van der Waals surface area contributed by atoms with E-state index in [2.05, 4.69) is 26.1 Å². The maximum atomic E-state index is 13.0. The second-order valence-electron chi connectivity index (χ2n) is 9.14. The summed E-state index contributed by atoms with van der Waals surface area (Å²) in [7, 11) is 0. The molecule has 0 fully saturated rings. The van der Waals surface area contributed by atoms with Crippen molar-refractivity contribution in [2.24, 2.45) is 0 Å². The van der Waals surface area contributed by atoms with Crippen molar-refractivity contribution in [1.29, 1.82) is 0 Å². The van der Waals surface area contributed by atoms with Crippen LogP contribution in [-0.4, -0.2) is 67.6 Å². The maximum absolute atomic E-state index is 13.0. The van der Waals surface area contributed by atoms with Crippen molar-refractivity contribution < 1.29 is 28.9 Å². The van der Waals surface area contributed by atoms with E-state index in [0.29, 0.717) is 51.2 Å². The van der Waals surface area contributed by atoms with Crippen LogP contribution in [0.3, 0.4) is 0 Å². The first-order valence-corrected chi connectivity index (χ1v) is 13.1. The van der Waals surface area contributed by atoms with Gasteiger partial charge in [-0.3, -0.25) is 0 Å². The Bertz CT molecular complexity index is 930. The molecular formula is C29H42N2O6. The van der Waals surface area contributed by atoms with Gasteiger partial charge in [0.05, 0.1) is 6.54 Å². The van der Waals surface area contributed by atoms with E-state index in [4.69, 9.17) is 14.2 Å². The van der Waals surface area contributed by atoms with Crippen molar-refractivity contribution >= 4 is 17.7 Å². The zero-order valence-electron chi connectivity index (χ0n) is 22.6. The number of carbonyl (C=O) groups excluding carboxylic acids is 1. The van der Waals surface area contributed by atoms with Crippen LogP contribution in [0.25, 0.3) is 0 Å². The van der Waals surface area contributed by atoms with E-state index in [1.54, 1.807) is 24.0 Å². The summed E-state index contributed by atoms with van der Waals surface area (Å²) < 4.78 is 16.7. The number of ether oxygens (including phenoxy) is 3. The van der Waals surface area contributed by atoms with Crippen LogP contribution in [0.15, 0.2) is 48.5 Å². The maximum Gasteiger partial charge on any atom is 0.333 e. The second kappa shape index (κ2) is 16.6. The molecule has 8 heteroatoms. The lowest BCUT2D eigenvalue weighted by Crippen LogP contribution is -2.39. The number of hydrogen-bond donors (Lipinski definition) is 2. The molecule has 2 aromatic rings. The molecule has 0 aliphatic rings. The van der Waals surface area contributed by atoms with E-state index >= 15 is 0 Å². The molecule has 0 saturated heterocycles. The van der Waals surface area contributed by atoms with Crippen molar-refractivity contribution in [2.75, 3.05) is 44.8 Å². The third kappa shape index (κ3) is 11.2. The van der Waals surface area contributed by atoms with Crippen LogP contribution in [0.4, 0.5) is 10.5 Å². The number of hydrogen-bond acceptors (Lipinski definition) is 5. The van der Waals surface area contributed by atoms with Gasteiger partial charge in [0.2, 0.25) is 0 Å². The topological polar surface area (TPSA) is 97.3 Å². The molecule has 2 rings (SSSR count). The number of nitrogens with one attached hydrogen (secondary N) is 1. The van der Waals surface area contributed by atoms with Crippen molar-refractivity contribution in [3.63, 3.8) is 0 Å². The number of carboxylic acids is 1. The largest absolute Gasteiger partial charge is 0.492 e. The summed E-state index contributed by atoms with van der Waals surface area (Å²) in [5, 5.41) is 12.3. The summed E-state index contributed by atoms with van der Waals surface area (Å²) in [6.07, 6.45) is 1.12. The van der Waals surface area contributed by atoms with E-state index in [1.807, 2.05) is 36.4 Å². The number of benzene rings is 2. The van der Waals surface area contributed by atoms with Crippen LogP contribution in [-0.2, 0) is 20.7 Å². The average Bonchev–Trinajstić information content (AvgIpc) is 2.88. The molecule has 0 spiro atoms. The summed E-state index contributed by atoms with van der Waals surface area (Å²) in [6.45, 7) is 11.1. The monoisotopic (exact) mass is 514 g/mol. The van der Waals surface area contributed by atoms with Crippen molar-refractivity contribution in [3.8, 4) is 5.75 Å². The first-order chi connectivity index (χ1) is 17.8. The number of amides is 2. The minimum absolute atomic E-state index is 0.178. The zero-order chi connectivity index (χ0) is 27.0. The molecule has 0 saturated carbocycles. The van der Waals surface area contributed by atoms with Gasteiger partial charge in [0.15, 0.2) is 6.10 Å². The van der Waals surface area contributed by atoms with Gasteiger partial charge in [0.1, 0.15) is 12.4 Å². The van der Waals surface area contributed by atoms with Gasteiger partial charge in [-0.1, -0.05) is 45.0 Å². The minimum Gasteiger partial charge on any atom is -0.492 e. The number of anilines is 1. The van der Waals surface area contributed by atoms with Crippen LogP contribution >= 0.6 is 0 Å². The first-order valence-electron chi connectivity index (χ1n) is 13.1. The Hall–Kier alpha value is -3.10. The second-order valence-corrected chi connectivity index (χ2v) is 9.14. The molecule has 204 valence electrons. The highest BCUT2D eigenvalue weighted by atomic mass is 16.5. The lowest BCUT2D eigenvalue weighted by molar-refractivity contribution is -0.149. The molecule has 1 unspecified atom stereocenters. The average molecular weight is 515 g/mol. The fourth-order valence-electron chi connectivity index (χ4n) is 3.70. The number of carboxylic acid groups (broad SMARTS) is 1. The zero-order valence-corrected chi connectivity index (χ0v) is 22.6. The Kier molecular flexibility index (Phi) is 13.5. The van der Waals surface area contributed by atoms with E-state index in [1.165, 1.54) is 5.56 Å². The third-order valence-corrected chi connectivity index (χ3v) is 5.80. The quantitative estimate of drug-likeness (QED) is 0.268. The fraction of sp³-hybridized carbons (Fsp3) is 0.517. The van der Waals surface area contributed by atoms with Gasteiger partial charge in [-0.2, -0.15) is 0 Å². The standard InChI is InChI=1S/C29H42N2O6/c1-5-18-35-19-7-16-31(29(34)30-25-12-10-24(11-13-25)22(3)4)17-20-37-26-14-8-23(9-15-26)21-27(28(32)33)36-6-2/h8-15,22,27H,5-7,16-21H2,1-4H3,(H,30,34)(H,32,33). The normalized spacial score (nSPS) is 11.8. The third-order valence-electron chi connectivity index (χ3n) is 5.80. The Balaban J connectivity index is 1.92. The van der Waals surface area contributed by atoms with Gasteiger partial charge < -0.3 is 29.5 Å². The molecule has 1 atom stereocenters. The van der Waals surface area contributed by atoms with Crippen LogP contribution in [0.2, 0.25) is 0 Å². The highest BCUT2D eigenvalue weighted by Gasteiger charge is 2.18. The first kappa shape index (κ1) is 30.1. The van der Waals surface area contributed by atoms with Gasteiger partial charge >= 0.3 is 12.0 Å². The molecule has 0 radical (unpaired) electrons. The van der Waals surface area contributed by atoms with Gasteiger partial charge in [0, 0.05) is 38.5 Å². The van der Waals surface area contributed by atoms with Gasteiger partial charge in [-0.15, -0.1) is 0 Å². The molecule has 2 N–H and O–H groups in total. The number of aliphatic carboxylic acids is 1. The molecule has 2 aromatic carbocycles. The Labute approximate surface area is 220 Å². The van der Waals surface area contributed by atoms with E-state index in [-0.39, 0.29) is 12.5 Å². The molecule has 0 aliphatic heterocycles. The summed E-state index contributed by atoms with van der Waals surface area (Å²) >= 11 is 0. The highest BCUT2D eigenvalue weighted by Crippen LogP contribution is 2.18. The Morgan fingerprint density at radius 3 is 2.24 bits per heavy atom. The Morgan fingerprint density at radius 2 is 1.65 bits per heavy atom. The smallest absolute Gasteiger partial charge is 0.333 e. The van der Waals surface area contributed by atoms with Gasteiger partial charge in [0.25, 0.3) is 0 Å². The lowest BCUT2D eigenvalue weighted by atomic mass is 10.0. The van der Waals surface area contributed by atoms with Crippen molar-refractivity contribution in [1.82, 2.24) is 4.90 Å². The molecule has 8 nitrogen and oxygen atoms in total. The molecule has 0 bridgehead atoms. The molecule has 0 aliphatic carbocycles. The SMILES string of the molecule is CCCOCCCN(CCOc1ccc(CC(OCC)C(=O)O)cc1)C(=O)Nc1ccc(C(C)C)cc1. The van der Waals surface area contributed by atoms with Gasteiger partial charge in [-0.05, 0) is 61.1 Å². The summed E-state index contributed by atoms with van der Waals surface area (Å²) in [6, 6.07) is 15.0. The molecular weight excluding hydrogens is 472 g/mol. The Morgan fingerprint density at radius 1 is 0.946 bits per heavy atom. The molecule has 0 aromatic heterocycles. The lowest BCUT2D eigenvalue weighted by Gasteiger charge is -2.23. The number of carbonyl (C=O) groups is 2. The molecule has 0 heterocycles. The molecule has 37 heavy (non-hydrogen) atoms. The number of rotatable bonds is 17. The molecule has 2 amide bonds. The fourth-order valence-corrected chi connectivity index (χ4v) is 3.70. The van der Waals surface area contributed by atoms with Crippen LogP contribution < -0.4 is 10.1 Å². The van der Waals surface area contributed by atoms with Crippen LogP contribution in [0.1, 0.15) is 57.6 Å². The van der Waals surface area contributed by atoms with E-state index in [0.717, 1.165) is 24.1 Å². The van der Waals surface area contributed by atoms with Crippen molar-refractivity contribution in [2.45, 2.75) is 59.0 Å². The predicted octanol–water partition coefficient (Wildman–Crippen LogP) is 5.57. The number of urea groups is 1. The van der Waals surface area contributed by atoms with E-state index in [9.17, 15) is 14.7 Å². The summed E-state index contributed by atoms with van der Waals surface area (Å²) in [5.41, 5.74) is 2.83. The van der Waals surface area contributed by atoms with Crippen molar-refractivity contribution in [3.05, 3.63) is 59.7 Å². The highest BCUT2D eigenvalue weighted by molar-refractivity contribution is 5.89. The predicted molar refractivity (Wildman–Crippen MR) is 146 cm³/mol. The van der Waals surface area contributed by atoms with Crippen LogP contribution in [0.5, 0.6) is 5.75 Å². The van der Waals surface area contributed by atoms with Gasteiger partial charge in [-0.25, -0.2) is 9.59 Å².